The maximum atomic E-state index is 12.8. The first-order chi connectivity index (χ1) is 13.1. The molecule has 0 saturated carbocycles. The van der Waals surface area contributed by atoms with Gasteiger partial charge in [-0.2, -0.15) is 0 Å². The lowest BCUT2D eigenvalue weighted by atomic mass is 10.1. The van der Waals surface area contributed by atoms with Gasteiger partial charge in [0.15, 0.2) is 16.9 Å². The lowest BCUT2D eigenvalue weighted by Gasteiger charge is -2.14. The summed E-state index contributed by atoms with van der Waals surface area (Å²) in [6.45, 7) is 0. The van der Waals surface area contributed by atoms with Crippen molar-refractivity contribution in [2.24, 2.45) is 0 Å². The molecule has 0 N–H and O–H groups in total. The van der Waals surface area contributed by atoms with Crippen LogP contribution in [0, 0.1) is 0 Å². The van der Waals surface area contributed by atoms with Crippen LogP contribution < -0.4 is 29.1 Å². The molecule has 7 heteroatoms. The van der Waals surface area contributed by atoms with Crippen molar-refractivity contribution in [3.63, 3.8) is 0 Å². The molecule has 0 amide bonds. The number of hydrogen-bond acceptors (Lipinski definition) is 7. The Bertz CT molecular complexity index is 1040. The lowest BCUT2D eigenvalue weighted by Crippen LogP contribution is -2.04. The molecule has 0 radical (unpaired) electrons. The first kappa shape index (κ1) is 18.4. The molecule has 0 saturated heterocycles. The fourth-order valence-corrected chi connectivity index (χ4v) is 2.86. The van der Waals surface area contributed by atoms with Crippen molar-refractivity contribution in [1.82, 2.24) is 0 Å². The summed E-state index contributed by atoms with van der Waals surface area (Å²) in [6, 6.07) is 8.02. The van der Waals surface area contributed by atoms with Crippen LogP contribution in [0.15, 0.2) is 39.5 Å². The molecule has 0 atom stereocenters. The van der Waals surface area contributed by atoms with Gasteiger partial charge in [-0.15, -0.1) is 0 Å². The molecule has 3 aromatic rings. The number of rotatable bonds is 6. The van der Waals surface area contributed by atoms with Crippen molar-refractivity contribution in [3.05, 3.63) is 40.6 Å². The predicted molar refractivity (Wildman–Crippen MR) is 101 cm³/mol. The smallest absolute Gasteiger partial charge is 0.197 e. The minimum absolute atomic E-state index is 0.248. The number of methoxy groups -OCH3 is 5. The Hall–Kier alpha value is -3.35. The first-order valence-corrected chi connectivity index (χ1v) is 8.06. The average Bonchev–Trinajstić information content (AvgIpc) is 2.71. The van der Waals surface area contributed by atoms with Crippen LogP contribution >= 0.6 is 0 Å². The van der Waals surface area contributed by atoms with Crippen LogP contribution in [0.3, 0.4) is 0 Å². The highest BCUT2D eigenvalue weighted by atomic mass is 16.5. The van der Waals surface area contributed by atoms with E-state index in [-0.39, 0.29) is 5.43 Å². The minimum Gasteiger partial charge on any atom is -0.496 e. The number of ether oxygens (including phenoxy) is 5. The Balaban J connectivity index is 2.31. The van der Waals surface area contributed by atoms with Crippen LogP contribution in [0.25, 0.3) is 22.3 Å². The van der Waals surface area contributed by atoms with E-state index in [9.17, 15) is 4.79 Å². The molecule has 3 rings (SSSR count). The van der Waals surface area contributed by atoms with Crippen molar-refractivity contribution in [3.8, 4) is 40.1 Å². The monoisotopic (exact) mass is 372 g/mol. The van der Waals surface area contributed by atoms with Gasteiger partial charge in [-0.25, -0.2) is 0 Å². The van der Waals surface area contributed by atoms with Crippen LogP contribution in [-0.4, -0.2) is 35.5 Å². The second-order valence-electron chi connectivity index (χ2n) is 5.59. The SMILES string of the molecule is COc1cc(OC)c2c(=O)cc(-c3cc(OC)c(OC)cc3OC)oc2c1. The zero-order valence-electron chi connectivity index (χ0n) is 15.7. The molecule has 142 valence electrons. The molecule has 1 aromatic heterocycles. The lowest BCUT2D eigenvalue weighted by molar-refractivity contribution is 0.349. The molecule has 1 heterocycles. The molecule has 0 aliphatic rings. The van der Waals surface area contributed by atoms with Crippen LogP contribution in [0.4, 0.5) is 0 Å². The third kappa shape index (κ3) is 3.23. The van der Waals surface area contributed by atoms with E-state index in [0.717, 1.165) is 0 Å². The molecule has 0 aliphatic heterocycles. The zero-order chi connectivity index (χ0) is 19.6. The van der Waals surface area contributed by atoms with Gasteiger partial charge < -0.3 is 28.1 Å². The molecule has 0 fully saturated rings. The Morgan fingerprint density at radius 1 is 0.667 bits per heavy atom. The molecule has 0 aliphatic carbocycles. The van der Waals surface area contributed by atoms with Crippen LogP contribution in [0.1, 0.15) is 0 Å². The highest BCUT2D eigenvalue weighted by Gasteiger charge is 2.18. The highest BCUT2D eigenvalue weighted by Crippen LogP contribution is 2.41. The van der Waals surface area contributed by atoms with Gasteiger partial charge in [0.2, 0.25) is 0 Å². The number of hydrogen-bond donors (Lipinski definition) is 0. The normalized spacial score (nSPS) is 10.6. The Morgan fingerprint density at radius 2 is 1.30 bits per heavy atom. The molecule has 2 aromatic carbocycles. The third-order valence-corrected chi connectivity index (χ3v) is 4.19. The number of benzene rings is 2. The van der Waals surface area contributed by atoms with E-state index in [1.807, 2.05) is 0 Å². The maximum absolute atomic E-state index is 12.8. The Labute approximate surface area is 156 Å². The average molecular weight is 372 g/mol. The van der Waals surface area contributed by atoms with Crippen LogP contribution in [0.5, 0.6) is 28.7 Å². The summed E-state index contributed by atoms with van der Waals surface area (Å²) in [5.41, 5.74) is 0.643. The summed E-state index contributed by atoms with van der Waals surface area (Å²) in [4.78, 5) is 12.8. The summed E-state index contributed by atoms with van der Waals surface area (Å²) in [5.74, 6) is 2.68. The molecule has 7 nitrogen and oxygen atoms in total. The van der Waals surface area contributed by atoms with Gasteiger partial charge in [0.05, 0.1) is 41.1 Å². The van der Waals surface area contributed by atoms with E-state index in [1.165, 1.54) is 41.6 Å². The quantitative estimate of drug-likeness (QED) is 0.655. The van der Waals surface area contributed by atoms with Gasteiger partial charge in [-0.1, -0.05) is 0 Å². The molecule has 27 heavy (non-hydrogen) atoms. The van der Waals surface area contributed by atoms with Crippen LogP contribution in [-0.2, 0) is 0 Å². The Morgan fingerprint density at radius 3 is 1.89 bits per heavy atom. The number of fused-ring (bicyclic) bond motifs is 1. The summed E-state index contributed by atoms with van der Waals surface area (Å²) >= 11 is 0. The second-order valence-corrected chi connectivity index (χ2v) is 5.59. The third-order valence-electron chi connectivity index (χ3n) is 4.19. The molecule has 0 spiro atoms. The molecular formula is C20H20O7. The summed E-state index contributed by atoms with van der Waals surface area (Å²) in [6.07, 6.45) is 0. The standard InChI is InChI=1S/C20H20O7/c1-22-11-6-18(26-5)20-13(21)9-15(27-19(20)7-11)12-8-16(24-3)17(25-4)10-14(12)23-2/h6-10H,1-5H3. The first-order valence-electron chi connectivity index (χ1n) is 8.06. The highest BCUT2D eigenvalue weighted by molar-refractivity contribution is 5.87. The van der Waals surface area contributed by atoms with Gasteiger partial charge in [-0.05, 0) is 6.07 Å². The van der Waals surface area contributed by atoms with E-state index in [2.05, 4.69) is 0 Å². The summed E-state index contributed by atoms with van der Waals surface area (Å²) in [5, 5.41) is 0.335. The Kier molecular flexibility index (Phi) is 5.12. The largest absolute Gasteiger partial charge is 0.496 e. The van der Waals surface area contributed by atoms with Gasteiger partial charge in [0.25, 0.3) is 0 Å². The van der Waals surface area contributed by atoms with Crippen molar-refractivity contribution in [1.29, 1.82) is 0 Å². The van der Waals surface area contributed by atoms with Crippen molar-refractivity contribution >= 4 is 11.0 Å². The van der Waals surface area contributed by atoms with E-state index in [4.69, 9.17) is 28.1 Å². The topological polar surface area (TPSA) is 76.4 Å². The van der Waals surface area contributed by atoms with E-state index in [1.54, 1.807) is 24.3 Å². The van der Waals surface area contributed by atoms with E-state index < -0.39 is 0 Å². The minimum atomic E-state index is -0.248. The second kappa shape index (κ2) is 7.49. The summed E-state index contributed by atoms with van der Waals surface area (Å²) < 4.78 is 32.6. The molecular weight excluding hydrogens is 352 g/mol. The van der Waals surface area contributed by atoms with E-state index in [0.29, 0.717) is 51.0 Å². The van der Waals surface area contributed by atoms with Gasteiger partial charge in [0.1, 0.15) is 34.0 Å². The fourth-order valence-electron chi connectivity index (χ4n) is 2.86. The summed E-state index contributed by atoms with van der Waals surface area (Å²) in [7, 11) is 7.60. The van der Waals surface area contributed by atoms with Crippen molar-refractivity contribution < 1.29 is 28.1 Å². The van der Waals surface area contributed by atoms with E-state index >= 15 is 0 Å². The van der Waals surface area contributed by atoms with Crippen LogP contribution in [0.2, 0.25) is 0 Å². The fraction of sp³-hybridized carbons (Fsp3) is 0.250. The molecule has 0 bridgehead atoms. The van der Waals surface area contributed by atoms with Crippen molar-refractivity contribution in [2.45, 2.75) is 0 Å². The predicted octanol–water partition coefficient (Wildman–Crippen LogP) is 3.50. The van der Waals surface area contributed by atoms with Gasteiger partial charge >= 0.3 is 0 Å². The van der Waals surface area contributed by atoms with Gasteiger partial charge in [0, 0.05) is 24.3 Å². The van der Waals surface area contributed by atoms with Gasteiger partial charge in [-0.3, -0.25) is 4.79 Å². The zero-order valence-corrected chi connectivity index (χ0v) is 15.7. The molecule has 0 unspecified atom stereocenters. The maximum Gasteiger partial charge on any atom is 0.197 e. The van der Waals surface area contributed by atoms with Crippen molar-refractivity contribution in [2.75, 3.05) is 35.5 Å².